The van der Waals surface area contributed by atoms with Crippen LogP contribution in [-0.2, 0) is 17.8 Å². The van der Waals surface area contributed by atoms with E-state index in [-0.39, 0.29) is 12.2 Å². The lowest BCUT2D eigenvalue weighted by molar-refractivity contribution is -0.137. The maximum Gasteiger partial charge on any atom is 0.326 e. The Morgan fingerprint density at radius 1 is 0.974 bits per heavy atom. The van der Waals surface area contributed by atoms with Gasteiger partial charge in [0.25, 0.3) is 0 Å². The van der Waals surface area contributed by atoms with E-state index in [2.05, 4.69) is 15.6 Å². The number of aromatic nitrogens is 1. The molecule has 1 unspecified atom stereocenters. The predicted octanol–water partition coefficient (Wildman–Crippen LogP) is 5.40. The van der Waals surface area contributed by atoms with Gasteiger partial charge < -0.3 is 24.9 Å². The van der Waals surface area contributed by atoms with E-state index >= 15 is 0 Å². The van der Waals surface area contributed by atoms with Gasteiger partial charge in [0.15, 0.2) is 11.4 Å². The van der Waals surface area contributed by atoms with Gasteiger partial charge in [-0.1, -0.05) is 54.6 Å². The molecule has 0 aliphatic carbocycles. The normalized spacial score (nSPS) is 11.8. The number of aliphatic carboxylic acids is 1. The first-order chi connectivity index (χ1) is 19.1. The number of hydrogen-bond acceptors (Lipinski definition) is 8. The topological polar surface area (TPSA) is 114 Å². The number of benzene rings is 3. The molecule has 0 saturated carbocycles. The molecule has 2 heterocycles. The highest BCUT2D eigenvalue weighted by molar-refractivity contribution is 7.14. The summed E-state index contributed by atoms with van der Waals surface area (Å²) < 4.78 is 11.5. The molecule has 8 nitrogen and oxygen atoms in total. The summed E-state index contributed by atoms with van der Waals surface area (Å²) in [5.74, 6) is 0.178. The minimum atomic E-state index is -0.994. The van der Waals surface area contributed by atoms with E-state index in [1.54, 1.807) is 35.7 Å². The van der Waals surface area contributed by atoms with E-state index in [4.69, 9.17) is 9.15 Å². The molecule has 0 aliphatic heterocycles. The fourth-order valence-electron chi connectivity index (χ4n) is 4.09. The van der Waals surface area contributed by atoms with Crippen molar-refractivity contribution < 1.29 is 23.8 Å². The number of nitrogens with zero attached hydrogens (tertiary/aromatic N) is 1. The summed E-state index contributed by atoms with van der Waals surface area (Å²) in [6.45, 7) is 1.56. The molecule has 3 N–H and O–H groups in total. The van der Waals surface area contributed by atoms with Gasteiger partial charge in [0, 0.05) is 18.5 Å². The zero-order chi connectivity index (χ0) is 27.0. The molecule has 1 atom stereocenters. The van der Waals surface area contributed by atoms with Crippen LogP contribution in [0.4, 0.5) is 5.00 Å². The van der Waals surface area contributed by atoms with E-state index in [9.17, 15) is 14.7 Å². The number of anilines is 1. The molecule has 0 radical (unpaired) electrons. The Balaban J connectivity index is 1.11. The second kappa shape index (κ2) is 12.4. The minimum absolute atomic E-state index is 0.145. The number of rotatable bonds is 13. The molecule has 198 valence electrons. The minimum Gasteiger partial charge on any atom is -0.492 e. The van der Waals surface area contributed by atoms with Gasteiger partial charge in [-0.3, -0.25) is 4.79 Å². The highest BCUT2D eigenvalue weighted by atomic mass is 32.1. The number of carbonyl (C=O) groups is 2. The number of para-hydroxylation sites is 2. The summed E-state index contributed by atoms with van der Waals surface area (Å²) in [4.78, 5) is 29.4. The third-order valence-electron chi connectivity index (χ3n) is 6.07. The lowest BCUT2D eigenvalue weighted by Gasteiger charge is -2.16. The predicted molar refractivity (Wildman–Crippen MR) is 151 cm³/mol. The van der Waals surface area contributed by atoms with Gasteiger partial charge in [-0.2, -0.15) is 0 Å². The van der Waals surface area contributed by atoms with Crippen LogP contribution in [-0.4, -0.2) is 41.0 Å². The zero-order valence-corrected chi connectivity index (χ0v) is 21.8. The third kappa shape index (κ3) is 6.70. The summed E-state index contributed by atoms with van der Waals surface area (Å²) in [6, 6.07) is 24.8. The Hall–Kier alpha value is -4.47. The van der Waals surface area contributed by atoms with Gasteiger partial charge in [0.05, 0.1) is 12.1 Å². The van der Waals surface area contributed by atoms with Gasteiger partial charge in [0.1, 0.15) is 28.9 Å². The molecule has 5 aromatic rings. The van der Waals surface area contributed by atoms with Crippen molar-refractivity contribution in [3.8, 4) is 5.75 Å². The average molecular weight is 542 g/mol. The van der Waals surface area contributed by atoms with Crippen LogP contribution in [0.2, 0.25) is 0 Å². The fraction of sp³-hybridized carbons (Fsp3) is 0.167. The molecule has 9 heteroatoms. The first kappa shape index (κ1) is 26.1. The highest BCUT2D eigenvalue weighted by Gasteiger charge is 2.22. The first-order valence-corrected chi connectivity index (χ1v) is 13.4. The molecule has 2 aromatic heterocycles. The molecule has 39 heavy (non-hydrogen) atoms. The van der Waals surface area contributed by atoms with Gasteiger partial charge in [-0.25, -0.2) is 9.78 Å². The number of oxazole rings is 1. The van der Waals surface area contributed by atoms with Gasteiger partial charge >= 0.3 is 5.97 Å². The smallest absolute Gasteiger partial charge is 0.326 e. The standard InChI is InChI=1S/C30H27N3O5S/c34-28(21-6-2-1-3-7-21)23-14-17-39-29(23)33-25(30(35)36)18-20-10-12-22(13-11-20)37-16-15-31-19-27-32-24-8-4-5-9-26(24)38-27/h1-14,17,25,31,33H,15-16,18-19H2,(H,35,36). The summed E-state index contributed by atoms with van der Waals surface area (Å²) in [5, 5.41) is 18.5. The van der Waals surface area contributed by atoms with Crippen LogP contribution < -0.4 is 15.4 Å². The quantitative estimate of drug-likeness (QED) is 0.134. The second-order valence-corrected chi connectivity index (χ2v) is 9.76. The van der Waals surface area contributed by atoms with Crippen molar-refractivity contribution in [2.24, 2.45) is 0 Å². The van der Waals surface area contributed by atoms with Crippen molar-refractivity contribution in [1.82, 2.24) is 10.3 Å². The highest BCUT2D eigenvalue weighted by Crippen LogP contribution is 2.27. The van der Waals surface area contributed by atoms with E-state index < -0.39 is 12.0 Å². The van der Waals surface area contributed by atoms with E-state index in [1.807, 2.05) is 54.6 Å². The average Bonchev–Trinajstić information content (AvgIpc) is 3.60. The van der Waals surface area contributed by atoms with Gasteiger partial charge in [-0.05, 0) is 41.3 Å². The van der Waals surface area contributed by atoms with Crippen molar-refractivity contribution >= 4 is 39.2 Å². The van der Waals surface area contributed by atoms with Crippen molar-refractivity contribution in [2.45, 2.75) is 19.0 Å². The van der Waals surface area contributed by atoms with Gasteiger partial charge in [-0.15, -0.1) is 11.3 Å². The molecule has 0 bridgehead atoms. The first-order valence-electron chi connectivity index (χ1n) is 12.5. The molecule has 3 aromatic carbocycles. The molecule has 0 saturated heterocycles. The van der Waals surface area contributed by atoms with Crippen molar-refractivity contribution in [1.29, 1.82) is 0 Å². The van der Waals surface area contributed by atoms with Crippen LogP contribution in [0.3, 0.4) is 0 Å². The van der Waals surface area contributed by atoms with E-state index in [0.29, 0.717) is 47.5 Å². The molecular formula is C30H27N3O5S. The number of carboxylic acid groups (broad SMARTS) is 1. The molecular weight excluding hydrogens is 514 g/mol. The van der Waals surface area contributed by atoms with Crippen LogP contribution >= 0.6 is 11.3 Å². The molecule has 0 amide bonds. The Morgan fingerprint density at radius 3 is 2.51 bits per heavy atom. The summed E-state index contributed by atoms with van der Waals surface area (Å²) >= 11 is 1.31. The molecule has 0 aliphatic rings. The molecule has 5 rings (SSSR count). The molecule has 0 fully saturated rings. The number of hydrogen-bond donors (Lipinski definition) is 3. The van der Waals surface area contributed by atoms with Crippen molar-refractivity contribution in [2.75, 3.05) is 18.5 Å². The summed E-state index contributed by atoms with van der Waals surface area (Å²) in [6.07, 6.45) is 0.249. The maximum atomic E-state index is 12.9. The monoisotopic (exact) mass is 541 g/mol. The van der Waals surface area contributed by atoms with Gasteiger partial charge in [0.2, 0.25) is 5.89 Å². The SMILES string of the molecule is O=C(c1ccccc1)c1ccsc1NC(Cc1ccc(OCCNCc2nc3ccccc3o2)cc1)C(=O)O. The largest absolute Gasteiger partial charge is 0.492 e. The third-order valence-corrected chi connectivity index (χ3v) is 6.92. The van der Waals surface area contributed by atoms with Crippen molar-refractivity contribution in [3.05, 3.63) is 113 Å². The van der Waals surface area contributed by atoms with Crippen LogP contribution in [0, 0.1) is 0 Å². The van der Waals surface area contributed by atoms with E-state index in [0.717, 1.165) is 16.7 Å². The van der Waals surface area contributed by atoms with Crippen LogP contribution in [0.15, 0.2) is 94.7 Å². The Kier molecular flexibility index (Phi) is 8.30. The lowest BCUT2D eigenvalue weighted by atomic mass is 10.0. The summed E-state index contributed by atoms with van der Waals surface area (Å²) in [5.41, 5.74) is 3.46. The number of ketones is 1. The number of carboxylic acids is 1. The maximum absolute atomic E-state index is 12.9. The zero-order valence-electron chi connectivity index (χ0n) is 21.0. The second-order valence-electron chi connectivity index (χ2n) is 8.84. The fourth-order valence-corrected chi connectivity index (χ4v) is 4.93. The van der Waals surface area contributed by atoms with Crippen molar-refractivity contribution in [3.63, 3.8) is 0 Å². The van der Waals surface area contributed by atoms with Crippen LogP contribution in [0.5, 0.6) is 5.75 Å². The molecule has 0 spiro atoms. The number of thiophene rings is 1. The Morgan fingerprint density at radius 2 is 1.74 bits per heavy atom. The Bertz CT molecular complexity index is 1510. The number of ether oxygens (including phenoxy) is 1. The van der Waals surface area contributed by atoms with E-state index in [1.165, 1.54) is 11.3 Å². The van der Waals surface area contributed by atoms with Crippen LogP contribution in [0.25, 0.3) is 11.1 Å². The van der Waals surface area contributed by atoms with Crippen LogP contribution in [0.1, 0.15) is 27.4 Å². The summed E-state index contributed by atoms with van der Waals surface area (Å²) in [7, 11) is 0. The lowest BCUT2D eigenvalue weighted by Crippen LogP contribution is -2.31. The Labute approximate surface area is 229 Å². The number of carbonyl (C=O) groups excluding carboxylic acids is 1. The number of nitrogens with one attached hydrogen (secondary N) is 2. The number of fused-ring (bicyclic) bond motifs is 1.